The van der Waals surface area contributed by atoms with Crippen LogP contribution in [0.1, 0.15) is 19.4 Å². The van der Waals surface area contributed by atoms with Crippen LogP contribution in [0.5, 0.6) is 11.5 Å². The molecule has 1 aliphatic rings. The van der Waals surface area contributed by atoms with Crippen LogP contribution in [-0.4, -0.2) is 54.3 Å². The smallest absolute Gasteiger partial charge is 0.225 e. The Kier molecular flexibility index (Phi) is 7.06. The third-order valence-corrected chi connectivity index (χ3v) is 4.75. The number of methoxy groups -OCH3 is 2. The Morgan fingerprint density at radius 2 is 1.62 bits per heavy atom. The lowest BCUT2D eigenvalue weighted by Gasteiger charge is -2.44. The number of ether oxygens (including phenoxy) is 2. The summed E-state index contributed by atoms with van der Waals surface area (Å²) in [4.78, 5) is 13.6. The third-order valence-electron chi connectivity index (χ3n) is 4.75. The van der Waals surface area contributed by atoms with E-state index in [1.165, 1.54) is 5.56 Å². The molecular weight excluding hydrogens is 352 g/mol. The van der Waals surface area contributed by atoms with Crippen LogP contribution in [-0.2, 0) is 6.54 Å². The van der Waals surface area contributed by atoms with E-state index in [0.29, 0.717) is 12.1 Å². The van der Waals surface area contributed by atoms with E-state index in [4.69, 9.17) is 9.47 Å². The van der Waals surface area contributed by atoms with Crippen molar-refractivity contribution in [3.8, 4) is 11.5 Å². The van der Waals surface area contributed by atoms with Crippen molar-refractivity contribution < 1.29 is 9.47 Å². The van der Waals surface area contributed by atoms with Gasteiger partial charge in [0.25, 0.3) is 0 Å². The highest BCUT2D eigenvalue weighted by Gasteiger charge is 2.30. The lowest BCUT2D eigenvalue weighted by Crippen LogP contribution is -2.56. The van der Waals surface area contributed by atoms with Crippen molar-refractivity contribution >= 4 is 18.4 Å². The zero-order chi connectivity index (χ0) is 17.8. The van der Waals surface area contributed by atoms with Crippen molar-refractivity contribution in [2.45, 2.75) is 32.5 Å². The summed E-state index contributed by atoms with van der Waals surface area (Å²) in [6, 6.07) is 8.79. The Labute approximate surface area is 161 Å². The summed E-state index contributed by atoms with van der Waals surface area (Å²) in [5, 5.41) is 0. The molecule has 1 aromatic heterocycles. The molecule has 0 bridgehead atoms. The van der Waals surface area contributed by atoms with Crippen LogP contribution in [0.25, 0.3) is 0 Å². The molecule has 1 aliphatic heterocycles. The molecule has 1 saturated heterocycles. The van der Waals surface area contributed by atoms with Crippen LogP contribution in [0.4, 0.5) is 5.95 Å². The summed E-state index contributed by atoms with van der Waals surface area (Å²) in [7, 11) is 3.33. The van der Waals surface area contributed by atoms with Gasteiger partial charge in [0.1, 0.15) is 0 Å². The third kappa shape index (κ3) is 4.37. The molecule has 7 heteroatoms. The highest BCUT2D eigenvalue weighted by Crippen LogP contribution is 2.29. The van der Waals surface area contributed by atoms with Crippen LogP contribution in [0.15, 0.2) is 36.7 Å². The van der Waals surface area contributed by atoms with Gasteiger partial charge < -0.3 is 14.4 Å². The first-order chi connectivity index (χ1) is 12.1. The number of benzene rings is 1. The molecule has 6 nitrogen and oxygen atoms in total. The SMILES string of the molecule is COc1ccc(CN2[C@H](C)CN(c3ncccn3)C[C@@H]2C)cc1OC.Cl. The largest absolute Gasteiger partial charge is 0.493 e. The molecule has 2 atom stereocenters. The fourth-order valence-electron chi connectivity index (χ4n) is 3.48. The summed E-state index contributed by atoms with van der Waals surface area (Å²) < 4.78 is 10.8. The Balaban J connectivity index is 0.00000243. The number of rotatable bonds is 5. The van der Waals surface area contributed by atoms with Gasteiger partial charge in [-0.15, -0.1) is 12.4 Å². The maximum absolute atomic E-state index is 5.43. The predicted octanol–water partition coefficient (Wildman–Crippen LogP) is 3.01. The summed E-state index contributed by atoms with van der Waals surface area (Å²) in [5.41, 5.74) is 1.22. The van der Waals surface area contributed by atoms with Gasteiger partial charge in [-0.2, -0.15) is 0 Å². The monoisotopic (exact) mass is 378 g/mol. The highest BCUT2D eigenvalue weighted by molar-refractivity contribution is 5.85. The minimum absolute atomic E-state index is 0. The molecule has 1 aromatic carbocycles. The second kappa shape index (κ2) is 9.05. The Hall–Kier alpha value is -2.05. The summed E-state index contributed by atoms with van der Waals surface area (Å²) in [6.07, 6.45) is 3.60. The molecule has 26 heavy (non-hydrogen) atoms. The minimum Gasteiger partial charge on any atom is -0.493 e. The molecule has 1 fully saturated rings. The van der Waals surface area contributed by atoms with Crippen LogP contribution in [0.2, 0.25) is 0 Å². The molecule has 0 amide bonds. The van der Waals surface area contributed by atoms with E-state index in [9.17, 15) is 0 Å². The molecule has 0 N–H and O–H groups in total. The normalized spacial score (nSPS) is 20.4. The van der Waals surface area contributed by atoms with Gasteiger partial charge in [-0.05, 0) is 37.6 Å². The fourth-order valence-corrected chi connectivity index (χ4v) is 3.48. The van der Waals surface area contributed by atoms with Crippen LogP contribution >= 0.6 is 12.4 Å². The number of hydrogen-bond acceptors (Lipinski definition) is 6. The fraction of sp³-hybridized carbons (Fsp3) is 0.474. The zero-order valence-corrected chi connectivity index (χ0v) is 16.6. The molecule has 2 heterocycles. The number of anilines is 1. The van der Waals surface area contributed by atoms with Crippen molar-refractivity contribution in [1.82, 2.24) is 14.9 Å². The van der Waals surface area contributed by atoms with Crippen LogP contribution in [0, 0.1) is 0 Å². The molecule has 0 saturated carbocycles. The Bertz CT molecular complexity index is 689. The number of piperazine rings is 1. The molecule has 2 aromatic rings. The average Bonchev–Trinajstić information content (AvgIpc) is 2.65. The molecular formula is C19H27ClN4O2. The van der Waals surface area contributed by atoms with Gasteiger partial charge >= 0.3 is 0 Å². The lowest BCUT2D eigenvalue weighted by molar-refractivity contribution is 0.122. The highest BCUT2D eigenvalue weighted by atomic mass is 35.5. The number of hydrogen-bond donors (Lipinski definition) is 0. The zero-order valence-electron chi connectivity index (χ0n) is 15.8. The van der Waals surface area contributed by atoms with Crippen molar-refractivity contribution in [2.24, 2.45) is 0 Å². The molecule has 0 radical (unpaired) electrons. The Morgan fingerprint density at radius 1 is 1.00 bits per heavy atom. The first-order valence-electron chi connectivity index (χ1n) is 8.61. The van der Waals surface area contributed by atoms with Crippen molar-refractivity contribution in [1.29, 1.82) is 0 Å². The lowest BCUT2D eigenvalue weighted by atomic mass is 10.1. The second-order valence-electron chi connectivity index (χ2n) is 6.51. The first-order valence-corrected chi connectivity index (χ1v) is 8.61. The van der Waals surface area contributed by atoms with Gasteiger partial charge in [0.05, 0.1) is 14.2 Å². The Morgan fingerprint density at radius 3 is 2.19 bits per heavy atom. The van der Waals surface area contributed by atoms with Gasteiger partial charge in [0, 0.05) is 44.1 Å². The predicted molar refractivity (Wildman–Crippen MR) is 106 cm³/mol. The van der Waals surface area contributed by atoms with E-state index < -0.39 is 0 Å². The van der Waals surface area contributed by atoms with Crippen molar-refractivity contribution in [3.05, 3.63) is 42.2 Å². The molecule has 3 rings (SSSR count). The quantitative estimate of drug-likeness (QED) is 0.797. The van der Waals surface area contributed by atoms with Crippen molar-refractivity contribution in [2.75, 3.05) is 32.2 Å². The summed E-state index contributed by atoms with van der Waals surface area (Å²) in [5.74, 6) is 2.35. The second-order valence-corrected chi connectivity index (χ2v) is 6.51. The standard InChI is InChI=1S/C19H26N4O2.ClH/c1-14-11-22(19-20-8-5-9-21-19)12-15(2)23(14)13-16-6-7-17(24-3)18(10-16)25-4;/h5-10,14-15H,11-13H2,1-4H3;1H/t14-,15+;. The summed E-state index contributed by atoms with van der Waals surface area (Å²) >= 11 is 0. The van der Waals surface area contributed by atoms with E-state index in [-0.39, 0.29) is 12.4 Å². The summed E-state index contributed by atoms with van der Waals surface area (Å²) in [6.45, 7) is 7.23. The minimum atomic E-state index is 0. The number of nitrogens with zero attached hydrogens (tertiary/aromatic N) is 4. The van der Waals surface area contributed by atoms with Crippen LogP contribution in [0.3, 0.4) is 0 Å². The van der Waals surface area contributed by atoms with Gasteiger partial charge in [-0.25, -0.2) is 9.97 Å². The van der Waals surface area contributed by atoms with Crippen molar-refractivity contribution in [3.63, 3.8) is 0 Å². The topological polar surface area (TPSA) is 50.7 Å². The molecule has 0 unspecified atom stereocenters. The van der Waals surface area contributed by atoms with Gasteiger partial charge in [-0.3, -0.25) is 4.90 Å². The van der Waals surface area contributed by atoms with E-state index in [1.54, 1.807) is 26.6 Å². The van der Waals surface area contributed by atoms with E-state index in [2.05, 4.69) is 45.7 Å². The first kappa shape index (κ1) is 20.3. The molecule has 142 valence electrons. The average molecular weight is 379 g/mol. The van der Waals surface area contributed by atoms with Crippen LogP contribution < -0.4 is 14.4 Å². The molecule has 0 aliphatic carbocycles. The van der Waals surface area contributed by atoms with E-state index in [1.807, 2.05) is 12.1 Å². The number of halogens is 1. The molecule has 0 spiro atoms. The number of aromatic nitrogens is 2. The van der Waals surface area contributed by atoms with E-state index in [0.717, 1.165) is 37.1 Å². The van der Waals surface area contributed by atoms with E-state index >= 15 is 0 Å². The van der Waals surface area contributed by atoms with Gasteiger partial charge in [0.2, 0.25) is 5.95 Å². The maximum atomic E-state index is 5.43. The van der Waals surface area contributed by atoms with Gasteiger partial charge in [-0.1, -0.05) is 6.07 Å². The van der Waals surface area contributed by atoms with Gasteiger partial charge in [0.15, 0.2) is 11.5 Å². The maximum Gasteiger partial charge on any atom is 0.225 e.